The summed E-state index contributed by atoms with van der Waals surface area (Å²) in [5.41, 5.74) is -0.516. The molecule has 1 aliphatic carbocycles. The number of β-amino-alcohol motifs (C(OH)–C–C–N with tert-alkyl or cyclic N) is 1. The van der Waals surface area contributed by atoms with Crippen LogP contribution in [0.1, 0.15) is 35.6 Å². The molecule has 1 saturated heterocycles. The minimum absolute atomic E-state index is 0.273. The van der Waals surface area contributed by atoms with Crippen molar-refractivity contribution in [2.24, 2.45) is 11.8 Å². The van der Waals surface area contributed by atoms with Gasteiger partial charge in [-0.05, 0) is 60.1 Å². The van der Waals surface area contributed by atoms with Crippen molar-refractivity contribution < 1.29 is 28.1 Å². The van der Waals surface area contributed by atoms with Crippen LogP contribution in [0.5, 0.6) is 5.75 Å². The Balaban J connectivity index is 1.39. The predicted octanol–water partition coefficient (Wildman–Crippen LogP) is 3.98. The third-order valence-electron chi connectivity index (χ3n) is 6.49. The molecule has 162 valence electrons. The number of likely N-dealkylation sites (tertiary alicyclic amines) is 1. The van der Waals surface area contributed by atoms with E-state index < -0.39 is 23.4 Å². The van der Waals surface area contributed by atoms with Gasteiger partial charge in [0, 0.05) is 19.6 Å². The molecule has 1 saturated carbocycles. The maximum atomic E-state index is 12.9. The van der Waals surface area contributed by atoms with Gasteiger partial charge in [-0.15, -0.1) is 0 Å². The summed E-state index contributed by atoms with van der Waals surface area (Å²) >= 11 is 0. The molecule has 0 bridgehead atoms. The molecule has 4 rings (SSSR count). The van der Waals surface area contributed by atoms with Crippen LogP contribution in [-0.2, 0) is 11.8 Å². The number of alkyl halides is 3. The van der Waals surface area contributed by atoms with Crippen LogP contribution >= 0.6 is 0 Å². The number of halogens is 3. The summed E-state index contributed by atoms with van der Waals surface area (Å²) in [6.45, 7) is 1.71. The molecule has 30 heavy (non-hydrogen) atoms. The number of fused-ring (bicyclic) bond motifs is 1. The minimum atomic E-state index is -4.43. The van der Waals surface area contributed by atoms with Crippen LogP contribution in [0.3, 0.4) is 0 Å². The highest BCUT2D eigenvalue weighted by atomic mass is 19.4. The topological polar surface area (TPSA) is 52.9 Å². The molecule has 2 fully saturated rings. The molecule has 4 nitrogen and oxygen atoms in total. The molecule has 2 N–H and O–H groups in total. The van der Waals surface area contributed by atoms with Crippen molar-refractivity contribution in [3.8, 4) is 5.75 Å². The molecule has 0 aromatic heterocycles. The number of ether oxygens (including phenoxy) is 1. The van der Waals surface area contributed by atoms with E-state index in [0.717, 1.165) is 17.7 Å². The number of nitrogens with zero attached hydrogens (tertiary/aromatic N) is 1. The average Bonchev–Trinajstić information content (AvgIpc) is 3.22. The highest BCUT2D eigenvalue weighted by molar-refractivity contribution is 5.33. The Hall–Kier alpha value is -2.09. The van der Waals surface area contributed by atoms with E-state index in [1.807, 2.05) is 24.3 Å². The van der Waals surface area contributed by atoms with E-state index in [4.69, 9.17) is 4.74 Å². The Morgan fingerprint density at radius 3 is 2.40 bits per heavy atom. The largest absolute Gasteiger partial charge is 0.497 e. The number of aliphatic hydroxyl groups excluding tert-OH is 1. The van der Waals surface area contributed by atoms with Gasteiger partial charge in [0.05, 0.1) is 24.4 Å². The Kier molecular flexibility index (Phi) is 5.55. The molecule has 0 spiro atoms. The van der Waals surface area contributed by atoms with Crippen molar-refractivity contribution in [2.45, 2.75) is 30.7 Å². The van der Waals surface area contributed by atoms with E-state index >= 15 is 0 Å². The molecular weight excluding hydrogens is 395 g/mol. The van der Waals surface area contributed by atoms with Gasteiger partial charge in [-0.1, -0.05) is 24.3 Å². The number of aliphatic hydroxyl groups is 2. The van der Waals surface area contributed by atoms with E-state index in [-0.39, 0.29) is 23.9 Å². The Morgan fingerprint density at radius 1 is 1.10 bits per heavy atom. The Bertz CT molecular complexity index is 887. The SMILES string of the molecule is COc1cccc(C2(O)CC3CN(CC(O)c4cccc(C(F)(F)F)c4)CC3C2)c1. The molecule has 2 aliphatic rings. The summed E-state index contributed by atoms with van der Waals surface area (Å²) in [4.78, 5) is 2.09. The second-order valence-corrected chi connectivity index (χ2v) is 8.55. The molecule has 0 radical (unpaired) electrons. The Labute approximate surface area is 173 Å². The van der Waals surface area contributed by atoms with Crippen molar-refractivity contribution >= 4 is 0 Å². The van der Waals surface area contributed by atoms with Gasteiger partial charge >= 0.3 is 6.18 Å². The third kappa shape index (κ3) is 4.19. The number of hydrogen-bond acceptors (Lipinski definition) is 4. The lowest BCUT2D eigenvalue weighted by Gasteiger charge is -2.27. The van der Waals surface area contributed by atoms with Gasteiger partial charge in [-0.3, -0.25) is 4.90 Å². The minimum Gasteiger partial charge on any atom is -0.497 e. The van der Waals surface area contributed by atoms with Crippen LogP contribution in [0.25, 0.3) is 0 Å². The van der Waals surface area contributed by atoms with Crippen LogP contribution in [-0.4, -0.2) is 41.9 Å². The summed E-state index contributed by atoms with van der Waals surface area (Å²) in [6, 6.07) is 12.4. The standard InChI is InChI=1S/C23H26F3NO3/c1-30-20-7-3-5-18(9-20)22(29)10-16-12-27(13-17(16)11-22)14-21(28)15-4-2-6-19(8-15)23(24,25)26/h2-9,16-17,21,28-29H,10-14H2,1H3. The monoisotopic (exact) mass is 421 g/mol. The fourth-order valence-corrected chi connectivity index (χ4v) is 5.02. The van der Waals surface area contributed by atoms with Crippen LogP contribution in [0.15, 0.2) is 48.5 Å². The first-order chi connectivity index (χ1) is 14.2. The molecule has 1 heterocycles. The molecule has 7 heteroatoms. The Morgan fingerprint density at radius 2 is 1.77 bits per heavy atom. The van der Waals surface area contributed by atoms with E-state index in [1.165, 1.54) is 12.1 Å². The van der Waals surface area contributed by atoms with E-state index in [9.17, 15) is 23.4 Å². The average molecular weight is 421 g/mol. The molecular formula is C23H26F3NO3. The normalized spacial score (nSPS) is 27.8. The van der Waals surface area contributed by atoms with Crippen LogP contribution in [0.2, 0.25) is 0 Å². The fourth-order valence-electron chi connectivity index (χ4n) is 5.02. The third-order valence-corrected chi connectivity index (χ3v) is 6.49. The lowest BCUT2D eigenvalue weighted by molar-refractivity contribution is -0.137. The van der Waals surface area contributed by atoms with Gasteiger partial charge in [0.25, 0.3) is 0 Å². The number of benzene rings is 2. The van der Waals surface area contributed by atoms with Crippen molar-refractivity contribution in [1.82, 2.24) is 4.90 Å². The first-order valence-corrected chi connectivity index (χ1v) is 10.1. The molecule has 2 aromatic rings. The summed E-state index contributed by atoms with van der Waals surface area (Å²) in [7, 11) is 1.60. The maximum Gasteiger partial charge on any atom is 0.416 e. The molecule has 3 unspecified atom stereocenters. The zero-order valence-electron chi connectivity index (χ0n) is 16.8. The summed E-state index contributed by atoms with van der Waals surface area (Å²) < 4.78 is 44.1. The van der Waals surface area contributed by atoms with Crippen molar-refractivity contribution in [2.75, 3.05) is 26.7 Å². The van der Waals surface area contributed by atoms with Crippen molar-refractivity contribution in [3.05, 3.63) is 65.2 Å². The lowest BCUT2D eigenvalue weighted by atomic mass is 9.90. The van der Waals surface area contributed by atoms with Crippen molar-refractivity contribution in [1.29, 1.82) is 0 Å². The quantitative estimate of drug-likeness (QED) is 0.767. The van der Waals surface area contributed by atoms with Gasteiger partial charge in [0.2, 0.25) is 0 Å². The number of rotatable bonds is 5. The predicted molar refractivity (Wildman–Crippen MR) is 106 cm³/mol. The molecule has 2 aromatic carbocycles. The summed E-state index contributed by atoms with van der Waals surface area (Å²) in [5, 5.41) is 21.7. The summed E-state index contributed by atoms with van der Waals surface area (Å²) in [5.74, 6) is 1.29. The highest BCUT2D eigenvalue weighted by Gasteiger charge is 2.49. The van der Waals surface area contributed by atoms with Gasteiger partial charge in [0.15, 0.2) is 0 Å². The van der Waals surface area contributed by atoms with Crippen LogP contribution in [0, 0.1) is 11.8 Å². The lowest BCUT2D eigenvalue weighted by Crippen LogP contribution is -2.31. The van der Waals surface area contributed by atoms with E-state index in [1.54, 1.807) is 7.11 Å². The first kappa shape index (κ1) is 21.2. The van der Waals surface area contributed by atoms with Crippen LogP contribution < -0.4 is 4.74 Å². The van der Waals surface area contributed by atoms with E-state index in [0.29, 0.717) is 31.7 Å². The second-order valence-electron chi connectivity index (χ2n) is 8.55. The van der Waals surface area contributed by atoms with Crippen LogP contribution in [0.4, 0.5) is 13.2 Å². The van der Waals surface area contributed by atoms with Gasteiger partial charge in [0.1, 0.15) is 5.75 Å². The maximum absolute atomic E-state index is 12.9. The number of methoxy groups -OCH3 is 1. The number of hydrogen-bond donors (Lipinski definition) is 2. The zero-order chi connectivity index (χ0) is 21.5. The van der Waals surface area contributed by atoms with Gasteiger partial charge in [-0.2, -0.15) is 13.2 Å². The molecule has 0 amide bonds. The van der Waals surface area contributed by atoms with Gasteiger partial charge < -0.3 is 14.9 Å². The highest BCUT2D eigenvalue weighted by Crippen LogP contribution is 2.49. The molecule has 3 atom stereocenters. The summed E-state index contributed by atoms with van der Waals surface area (Å²) in [6.07, 6.45) is -4.16. The zero-order valence-corrected chi connectivity index (χ0v) is 16.8. The van der Waals surface area contributed by atoms with E-state index in [2.05, 4.69) is 4.90 Å². The fraction of sp³-hybridized carbons (Fsp3) is 0.478. The second kappa shape index (κ2) is 7.87. The van der Waals surface area contributed by atoms with Crippen molar-refractivity contribution in [3.63, 3.8) is 0 Å². The molecule has 1 aliphatic heterocycles. The van der Waals surface area contributed by atoms with Gasteiger partial charge in [-0.25, -0.2) is 0 Å². The first-order valence-electron chi connectivity index (χ1n) is 10.1. The smallest absolute Gasteiger partial charge is 0.416 e.